The molecule has 1 amide bonds. The van der Waals surface area contributed by atoms with E-state index < -0.39 is 0 Å². The smallest absolute Gasteiger partial charge is 0.255 e. The number of hydrogen-bond donors (Lipinski definition) is 1. The van der Waals surface area contributed by atoms with E-state index in [1.54, 1.807) is 18.4 Å². The van der Waals surface area contributed by atoms with E-state index in [1.165, 1.54) is 0 Å². The van der Waals surface area contributed by atoms with E-state index in [0.29, 0.717) is 24.5 Å². The molecule has 152 valence electrons. The van der Waals surface area contributed by atoms with E-state index in [1.807, 2.05) is 12.1 Å². The molecular formula is C20H28N4O3S. The van der Waals surface area contributed by atoms with Crippen molar-refractivity contribution < 1.29 is 14.3 Å². The van der Waals surface area contributed by atoms with Crippen LogP contribution in [-0.2, 0) is 4.74 Å². The van der Waals surface area contributed by atoms with Crippen molar-refractivity contribution in [2.45, 2.75) is 25.8 Å². The number of ether oxygens (including phenoxy) is 2. The Hall–Kier alpha value is -1.90. The first-order chi connectivity index (χ1) is 13.7. The number of aromatic nitrogens is 1. The molecule has 0 saturated carbocycles. The van der Waals surface area contributed by atoms with Crippen LogP contribution >= 0.6 is 11.3 Å². The zero-order valence-corrected chi connectivity index (χ0v) is 17.4. The number of piperazine rings is 1. The number of thiazole rings is 1. The molecule has 4 rings (SSSR count). The number of nitrogens with zero attached hydrogens (tertiary/aromatic N) is 3. The Kier molecular flexibility index (Phi) is 5.99. The Morgan fingerprint density at radius 1 is 1.29 bits per heavy atom. The lowest BCUT2D eigenvalue weighted by atomic mass is 10.1. The third-order valence-electron chi connectivity index (χ3n) is 5.59. The van der Waals surface area contributed by atoms with Crippen LogP contribution in [0.15, 0.2) is 12.1 Å². The van der Waals surface area contributed by atoms with E-state index in [2.05, 4.69) is 22.0 Å². The average molecular weight is 405 g/mol. The van der Waals surface area contributed by atoms with Crippen molar-refractivity contribution in [3.05, 3.63) is 17.7 Å². The van der Waals surface area contributed by atoms with Gasteiger partial charge in [0, 0.05) is 51.5 Å². The summed E-state index contributed by atoms with van der Waals surface area (Å²) in [5.41, 5.74) is 1.46. The maximum atomic E-state index is 12.9. The molecule has 1 N–H and O–H groups in total. The SMILES string of the molecule is CCN1CCN(c2nc3cc(OC)c(C(=O)NC4CCOCC4)cc3s2)CC1. The minimum Gasteiger partial charge on any atom is -0.496 e. The summed E-state index contributed by atoms with van der Waals surface area (Å²) in [5.74, 6) is 0.488. The molecule has 0 radical (unpaired) electrons. The van der Waals surface area contributed by atoms with E-state index in [-0.39, 0.29) is 11.9 Å². The van der Waals surface area contributed by atoms with Crippen LogP contribution in [-0.4, -0.2) is 74.9 Å². The van der Waals surface area contributed by atoms with Gasteiger partial charge < -0.3 is 24.6 Å². The van der Waals surface area contributed by atoms with Crippen molar-refractivity contribution in [2.24, 2.45) is 0 Å². The number of methoxy groups -OCH3 is 1. The third-order valence-corrected chi connectivity index (χ3v) is 6.67. The van der Waals surface area contributed by atoms with Crippen molar-refractivity contribution in [1.82, 2.24) is 15.2 Å². The highest BCUT2D eigenvalue weighted by molar-refractivity contribution is 7.22. The number of anilines is 1. The molecule has 0 aliphatic carbocycles. The quantitative estimate of drug-likeness (QED) is 0.825. The first-order valence-electron chi connectivity index (χ1n) is 10.0. The van der Waals surface area contributed by atoms with Gasteiger partial charge in [-0.25, -0.2) is 4.98 Å². The largest absolute Gasteiger partial charge is 0.496 e. The number of carbonyl (C=O) groups is 1. The fourth-order valence-corrected chi connectivity index (χ4v) is 4.82. The van der Waals surface area contributed by atoms with Crippen LogP contribution in [0.3, 0.4) is 0 Å². The van der Waals surface area contributed by atoms with Gasteiger partial charge in [-0.1, -0.05) is 18.3 Å². The number of fused-ring (bicyclic) bond motifs is 1. The van der Waals surface area contributed by atoms with Gasteiger partial charge in [-0.05, 0) is 25.5 Å². The summed E-state index contributed by atoms with van der Waals surface area (Å²) in [4.78, 5) is 22.4. The highest BCUT2D eigenvalue weighted by Crippen LogP contribution is 2.34. The Morgan fingerprint density at radius 3 is 2.71 bits per heavy atom. The van der Waals surface area contributed by atoms with Crippen molar-refractivity contribution in [2.75, 3.05) is 57.9 Å². The summed E-state index contributed by atoms with van der Waals surface area (Å²) in [6.07, 6.45) is 1.70. The summed E-state index contributed by atoms with van der Waals surface area (Å²) >= 11 is 1.65. The maximum absolute atomic E-state index is 12.9. The molecule has 1 aromatic carbocycles. The van der Waals surface area contributed by atoms with Crippen LogP contribution in [0.4, 0.5) is 5.13 Å². The number of amides is 1. The minimum absolute atomic E-state index is 0.0860. The lowest BCUT2D eigenvalue weighted by Gasteiger charge is -2.33. The summed E-state index contributed by atoms with van der Waals surface area (Å²) in [5, 5.41) is 4.15. The molecule has 2 saturated heterocycles. The predicted molar refractivity (Wildman–Crippen MR) is 112 cm³/mol. The number of likely N-dealkylation sites (N-methyl/N-ethyl adjacent to an activating group) is 1. The second-order valence-corrected chi connectivity index (χ2v) is 8.31. The Labute approximate surface area is 169 Å². The van der Waals surface area contributed by atoms with Gasteiger partial charge in [0.25, 0.3) is 5.91 Å². The molecule has 0 unspecified atom stereocenters. The van der Waals surface area contributed by atoms with E-state index in [4.69, 9.17) is 14.5 Å². The Bertz CT molecular complexity index is 826. The highest BCUT2D eigenvalue weighted by Gasteiger charge is 2.23. The van der Waals surface area contributed by atoms with Crippen LogP contribution in [0.5, 0.6) is 5.75 Å². The van der Waals surface area contributed by atoms with Crippen molar-refractivity contribution >= 4 is 32.6 Å². The molecule has 2 aromatic rings. The monoisotopic (exact) mass is 404 g/mol. The molecule has 28 heavy (non-hydrogen) atoms. The molecule has 2 fully saturated rings. The van der Waals surface area contributed by atoms with Crippen LogP contribution < -0.4 is 15.0 Å². The van der Waals surface area contributed by atoms with Gasteiger partial charge in [0.05, 0.1) is 22.9 Å². The van der Waals surface area contributed by atoms with E-state index in [9.17, 15) is 4.79 Å². The van der Waals surface area contributed by atoms with Crippen molar-refractivity contribution in [1.29, 1.82) is 0 Å². The Balaban J connectivity index is 1.55. The van der Waals surface area contributed by atoms with Crippen LogP contribution in [0.25, 0.3) is 10.2 Å². The van der Waals surface area contributed by atoms with Gasteiger partial charge >= 0.3 is 0 Å². The molecule has 2 aliphatic rings. The first-order valence-corrected chi connectivity index (χ1v) is 10.8. The predicted octanol–water partition coefficient (Wildman–Crippen LogP) is 2.36. The maximum Gasteiger partial charge on any atom is 0.255 e. The zero-order chi connectivity index (χ0) is 19.5. The standard InChI is InChI=1S/C20H28N4O3S/c1-3-23-6-8-24(9-7-23)20-22-16-13-17(26-2)15(12-18(16)28-20)19(25)21-14-4-10-27-11-5-14/h12-14H,3-11H2,1-2H3,(H,21,25). The van der Waals surface area contributed by atoms with Gasteiger partial charge in [0.15, 0.2) is 5.13 Å². The summed E-state index contributed by atoms with van der Waals surface area (Å²) in [6.45, 7) is 8.80. The molecule has 0 spiro atoms. The Morgan fingerprint density at radius 2 is 2.04 bits per heavy atom. The summed E-state index contributed by atoms with van der Waals surface area (Å²) in [7, 11) is 1.60. The normalized spacial score (nSPS) is 19.1. The number of nitrogens with one attached hydrogen (secondary N) is 1. The number of benzene rings is 1. The molecule has 3 heterocycles. The van der Waals surface area contributed by atoms with Crippen LogP contribution in [0, 0.1) is 0 Å². The van der Waals surface area contributed by atoms with Gasteiger partial charge in [-0.15, -0.1) is 0 Å². The zero-order valence-electron chi connectivity index (χ0n) is 16.6. The fourth-order valence-electron chi connectivity index (χ4n) is 3.78. The van der Waals surface area contributed by atoms with Crippen LogP contribution in [0.2, 0.25) is 0 Å². The molecule has 0 atom stereocenters. The lowest BCUT2D eigenvalue weighted by molar-refractivity contribution is 0.0695. The molecule has 7 nitrogen and oxygen atoms in total. The second kappa shape index (κ2) is 8.63. The van der Waals surface area contributed by atoms with E-state index in [0.717, 1.165) is 60.9 Å². The lowest BCUT2D eigenvalue weighted by Crippen LogP contribution is -2.46. The molecule has 1 aromatic heterocycles. The van der Waals surface area contributed by atoms with Crippen molar-refractivity contribution in [3.8, 4) is 5.75 Å². The number of rotatable bonds is 5. The van der Waals surface area contributed by atoms with Gasteiger partial charge in [0.1, 0.15) is 5.75 Å². The third kappa shape index (κ3) is 4.09. The molecule has 2 aliphatic heterocycles. The van der Waals surface area contributed by atoms with Gasteiger partial charge in [-0.3, -0.25) is 4.79 Å². The molecule has 8 heteroatoms. The minimum atomic E-state index is -0.0860. The average Bonchev–Trinajstić information content (AvgIpc) is 3.16. The van der Waals surface area contributed by atoms with Crippen molar-refractivity contribution in [3.63, 3.8) is 0 Å². The van der Waals surface area contributed by atoms with E-state index >= 15 is 0 Å². The van der Waals surface area contributed by atoms with Crippen LogP contribution in [0.1, 0.15) is 30.1 Å². The topological polar surface area (TPSA) is 66.9 Å². The number of hydrogen-bond acceptors (Lipinski definition) is 7. The second-order valence-electron chi connectivity index (χ2n) is 7.30. The van der Waals surface area contributed by atoms with Gasteiger partial charge in [-0.2, -0.15) is 0 Å². The molecular weight excluding hydrogens is 376 g/mol. The highest BCUT2D eigenvalue weighted by atomic mass is 32.1. The number of carbonyl (C=O) groups excluding carboxylic acids is 1. The van der Waals surface area contributed by atoms with Gasteiger partial charge in [0.2, 0.25) is 0 Å². The summed E-state index contributed by atoms with van der Waals surface area (Å²) in [6, 6.07) is 3.97. The first kappa shape index (κ1) is 19.4. The molecule has 0 bridgehead atoms. The fraction of sp³-hybridized carbons (Fsp3) is 0.600. The summed E-state index contributed by atoms with van der Waals surface area (Å²) < 4.78 is 11.9.